The molecule has 4 rings (SSSR count). The van der Waals surface area contributed by atoms with E-state index in [-0.39, 0.29) is 46.6 Å². The summed E-state index contributed by atoms with van der Waals surface area (Å²) in [6.07, 6.45) is 9.96. The molecule has 6 heteroatoms. The Labute approximate surface area is 224 Å². The van der Waals surface area contributed by atoms with Crippen molar-refractivity contribution in [1.82, 2.24) is 5.32 Å². The highest BCUT2D eigenvalue weighted by molar-refractivity contribution is 5.87. The number of carbonyl (C=O) groups is 3. The number of nitrogens with two attached hydrogens (primary N) is 1. The lowest BCUT2D eigenvalue weighted by atomic mass is 9.44. The molecule has 4 aliphatic rings. The number of fused-ring (bicyclic) bond motifs is 5. The molecule has 0 aromatic rings. The van der Waals surface area contributed by atoms with Gasteiger partial charge < -0.3 is 15.8 Å². The fourth-order valence-corrected chi connectivity index (χ4v) is 9.28. The van der Waals surface area contributed by atoms with Crippen LogP contribution in [0.15, 0.2) is 0 Å². The Morgan fingerprint density at radius 3 is 2.14 bits per heavy atom. The molecule has 0 aromatic carbocycles. The summed E-state index contributed by atoms with van der Waals surface area (Å²) in [5.74, 6) is 2.67. The van der Waals surface area contributed by atoms with E-state index in [1.807, 2.05) is 27.7 Å². The zero-order valence-corrected chi connectivity index (χ0v) is 24.3. The highest BCUT2D eigenvalue weighted by Crippen LogP contribution is 2.67. The smallest absolute Gasteiger partial charge is 0.329 e. The molecule has 0 saturated heterocycles. The van der Waals surface area contributed by atoms with E-state index in [9.17, 15) is 14.4 Å². The third-order valence-electron chi connectivity index (χ3n) is 11.6. The minimum atomic E-state index is -0.672. The van der Waals surface area contributed by atoms with E-state index >= 15 is 0 Å². The van der Waals surface area contributed by atoms with Crippen molar-refractivity contribution in [2.45, 2.75) is 124 Å². The van der Waals surface area contributed by atoms with Gasteiger partial charge in [0.05, 0.1) is 6.04 Å². The van der Waals surface area contributed by atoms with E-state index in [2.05, 4.69) is 19.2 Å². The number of rotatable bonds is 7. The predicted molar refractivity (Wildman–Crippen MR) is 145 cm³/mol. The summed E-state index contributed by atoms with van der Waals surface area (Å²) >= 11 is 0. The topological polar surface area (TPSA) is 98.5 Å². The lowest BCUT2D eigenvalue weighted by Crippen LogP contribution is -2.55. The largest absolute Gasteiger partial charge is 0.461 e. The number of carbonyl (C=O) groups excluding carboxylic acids is 3. The molecule has 4 aliphatic carbocycles. The molecule has 0 aromatic heterocycles. The molecular weight excluding hydrogens is 464 g/mol. The van der Waals surface area contributed by atoms with Gasteiger partial charge in [-0.1, -0.05) is 41.5 Å². The molecule has 0 spiro atoms. The zero-order chi connectivity index (χ0) is 27.3. The van der Waals surface area contributed by atoms with Crippen LogP contribution in [0.3, 0.4) is 0 Å². The maximum atomic E-state index is 13.2. The minimum absolute atomic E-state index is 0.00483. The van der Waals surface area contributed by atoms with Crippen LogP contribution in [0.25, 0.3) is 0 Å². The third kappa shape index (κ3) is 5.13. The second-order valence-corrected chi connectivity index (χ2v) is 14.3. The Hall–Kier alpha value is -1.43. The second kappa shape index (κ2) is 10.6. The number of ketones is 1. The fraction of sp³-hybridized carbons (Fsp3) is 0.903. The summed E-state index contributed by atoms with van der Waals surface area (Å²) in [7, 11) is 0. The summed E-state index contributed by atoms with van der Waals surface area (Å²) in [6.45, 7) is 14.4. The lowest BCUT2D eigenvalue weighted by Gasteiger charge is -2.61. The monoisotopic (exact) mass is 516 g/mol. The maximum Gasteiger partial charge on any atom is 0.329 e. The molecule has 210 valence electrons. The van der Waals surface area contributed by atoms with Gasteiger partial charge in [-0.25, -0.2) is 4.79 Å². The Morgan fingerprint density at radius 1 is 0.865 bits per heavy atom. The highest BCUT2D eigenvalue weighted by Gasteiger charge is 2.61. The van der Waals surface area contributed by atoms with Crippen LogP contribution in [0.4, 0.5) is 0 Å². The Kier molecular flexibility index (Phi) is 8.20. The zero-order valence-electron chi connectivity index (χ0n) is 24.3. The van der Waals surface area contributed by atoms with Crippen molar-refractivity contribution in [3.63, 3.8) is 0 Å². The second-order valence-electron chi connectivity index (χ2n) is 14.3. The van der Waals surface area contributed by atoms with Gasteiger partial charge in [-0.05, 0) is 111 Å². The standard InChI is InChI=1S/C31H52N2O4/c1-17(2)26(32)28(35)33-27(18(3)4)29(36)37-21-12-14-30(6)20(16-21)8-9-22-24-11-10-23(19(5)34)31(24,7)15-13-25(22)30/h17-18,20-27H,8-16,32H2,1-7H3,(H,33,35)/t20-,21+,22-,23+,24-,25-,26-,27-,30-,31+/m0/s1. The van der Waals surface area contributed by atoms with Gasteiger partial charge in [0, 0.05) is 5.92 Å². The Bertz CT molecular complexity index is 886. The average Bonchev–Trinajstić information content (AvgIpc) is 3.19. The van der Waals surface area contributed by atoms with Crippen LogP contribution in [0.1, 0.15) is 106 Å². The summed E-state index contributed by atoms with van der Waals surface area (Å²) in [4.78, 5) is 38.2. The van der Waals surface area contributed by atoms with Crippen LogP contribution in [-0.2, 0) is 19.1 Å². The summed E-state index contributed by atoms with van der Waals surface area (Å²) in [5, 5.41) is 2.86. The molecule has 37 heavy (non-hydrogen) atoms. The first-order valence-corrected chi connectivity index (χ1v) is 15.1. The van der Waals surface area contributed by atoms with Crippen LogP contribution in [-0.4, -0.2) is 35.8 Å². The van der Waals surface area contributed by atoms with E-state index in [1.165, 1.54) is 32.1 Å². The van der Waals surface area contributed by atoms with Crippen LogP contribution < -0.4 is 11.1 Å². The first-order valence-electron chi connectivity index (χ1n) is 15.1. The SMILES string of the molecule is CC(=O)[C@H]1CC[C@H]2[C@@H]3CC[C@H]4C[C@H](OC(=O)[C@@H](NC(=O)[C@@H](N)C(C)C)C(C)C)CC[C@]4(C)[C@H]3CC[C@]12C. The van der Waals surface area contributed by atoms with E-state index < -0.39 is 12.1 Å². The number of hydrogen-bond donors (Lipinski definition) is 2. The van der Waals surface area contributed by atoms with Crippen LogP contribution in [0.2, 0.25) is 0 Å². The molecule has 6 nitrogen and oxygen atoms in total. The number of ether oxygens (including phenoxy) is 1. The van der Waals surface area contributed by atoms with Crippen molar-refractivity contribution in [2.75, 3.05) is 0 Å². The van der Waals surface area contributed by atoms with Gasteiger partial charge in [-0.15, -0.1) is 0 Å². The van der Waals surface area contributed by atoms with E-state index in [0.717, 1.165) is 31.6 Å². The van der Waals surface area contributed by atoms with E-state index in [1.54, 1.807) is 6.92 Å². The van der Waals surface area contributed by atoms with Gasteiger partial charge >= 0.3 is 5.97 Å². The molecule has 0 heterocycles. The molecule has 0 unspecified atom stereocenters. The Morgan fingerprint density at radius 2 is 1.51 bits per heavy atom. The first-order chi connectivity index (χ1) is 17.3. The van der Waals surface area contributed by atoms with Crippen molar-refractivity contribution in [3.05, 3.63) is 0 Å². The van der Waals surface area contributed by atoms with Crippen molar-refractivity contribution < 1.29 is 19.1 Å². The molecule has 4 saturated carbocycles. The third-order valence-corrected chi connectivity index (χ3v) is 11.6. The summed E-state index contributed by atoms with van der Waals surface area (Å²) in [5.41, 5.74) is 6.50. The molecular formula is C31H52N2O4. The predicted octanol–water partition coefficient (Wildman–Crippen LogP) is 5.27. The van der Waals surface area contributed by atoms with Gasteiger partial charge in [0.15, 0.2) is 0 Å². The van der Waals surface area contributed by atoms with Gasteiger partial charge in [0.25, 0.3) is 0 Å². The normalized spacial score (nSPS) is 40.8. The molecule has 0 aliphatic heterocycles. The van der Waals surface area contributed by atoms with Crippen LogP contribution in [0.5, 0.6) is 0 Å². The van der Waals surface area contributed by atoms with Crippen molar-refractivity contribution in [2.24, 2.45) is 58.0 Å². The summed E-state index contributed by atoms with van der Waals surface area (Å²) < 4.78 is 6.08. The molecule has 4 fully saturated rings. The molecule has 0 bridgehead atoms. The number of nitrogens with one attached hydrogen (secondary N) is 1. The first kappa shape index (κ1) is 28.6. The molecule has 1 amide bonds. The number of amides is 1. The van der Waals surface area contributed by atoms with E-state index in [4.69, 9.17) is 10.5 Å². The maximum absolute atomic E-state index is 13.2. The van der Waals surface area contributed by atoms with Crippen molar-refractivity contribution in [3.8, 4) is 0 Å². The quantitative estimate of drug-likeness (QED) is 0.449. The van der Waals surface area contributed by atoms with E-state index in [0.29, 0.717) is 23.5 Å². The van der Waals surface area contributed by atoms with Gasteiger partial charge in [0.2, 0.25) is 5.91 Å². The van der Waals surface area contributed by atoms with Crippen molar-refractivity contribution in [1.29, 1.82) is 0 Å². The van der Waals surface area contributed by atoms with Crippen LogP contribution in [0, 0.1) is 52.3 Å². The number of hydrogen-bond acceptors (Lipinski definition) is 5. The number of Topliss-reactive ketones (excluding diaryl/α,β-unsaturated/α-hetero) is 1. The average molecular weight is 517 g/mol. The lowest BCUT2D eigenvalue weighted by molar-refractivity contribution is -0.166. The molecule has 3 N–H and O–H groups in total. The highest BCUT2D eigenvalue weighted by atomic mass is 16.5. The minimum Gasteiger partial charge on any atom is -0.461 e. The van der Waals surface area contributed by atoms with Gasteiger partial charge in [-0.2, -0.15) is 0 Å². The molecule has 0 radical (unpaired) electrons. The molecule has 10 atom stereocenters. The summed E-state index contributed by atoms with van der Waals surface area (Å²) in [6, 6.07) is -1.31. The van der Waals surface area contributed by atoms with Crippen molar-refractivity contribution >= 4 is 17.7 Å². The number of esters is 1. The van der Waals surface area contributed by atoms with Gasteiger partial charge in [0.1, 0.15) is 17.9 Å². The van der Waals surface area contributed by atoms with Crippen LogP contribution >= 0.6 is 0 Å². The van der Waals surface area contributed by atoms with Gasteiger partial charge in [-0.3, -0.25) is 9.59 Å². The fourth-order valence-electron chi connectivity index (χ4n) is 9.28. The Balaban J connectivity index is 1.40.